The van der Waals surface area contributed by atoms with Crippen LogP contribution in [0.2, 0.25) is 5.02 Å². The Morgan fingerprint density at radius 1 is 1.40 bits per heavy atom. The lowest BCUT2D eigenvalue weighted by Gasteiger charge is -2.11. The van der Waals surface area contributed by atoms with Crippen LogP contribution in [0.1, 0.15) is 30.1 Å². The predicted molar refractivity (Wildman–Crippen MR) is 77.8 cm³/mol. The van der Waals surface area contributed by atoms with Gasteiger partial charge in [-0.2, -0.15) is 4.98 Å². The smallest absolute Gasteiger partial charge is 0.228 e. The van der Waals surface area contributed by atoms with E-state index in [9.17, 15) is 0 Å². The van der Waals surface area contributed by atoms with Gasteiger partial charge in [0, 0.05) is 23.9 Å². The molecule has 1 saturated carbocycles. The summed E-state index contributed by atoms with van der Waals surface area (Å²) in [5.74, 6) is 2.16. The van der Waals surface area contributed by atoms with Crippen LogP contribution in [0.5, 0.6) is 0 Å². The Kier molecular flexibility index (Phi) is 4.03. The average molecular weight is 292 g/mol. The fourth-order valence-electron chi connectivity index (χ4n) is 2.45. The molecule has 20 heavy (non-hydrogen) atoms. The van der Waals surface area contributed by atoms with E-state index in [1.54, 1.807) is 0 Å². The Morgan fingerprint density at radius 3 is 2.90 bits per heavy atom. The summed E-state index contributed by atoms with van der Waals surface area (Å²) in [6, 6.07) is 8.19. The second-order valence-corrected chi connectivity index (χ2v) is 5.72. The minimum absolute atomic E-state index is 0.448. The van der Waals surface area contributed by atoms with Gasteiger partial charge in [0.05, 0.1) is 0 Å². The number of hydrogen-bond acceptors (Lipinski definition) is 4. The topological polar surface area (TPSA) is 51.0 Å². The molecule has 1 heterocycles. The van der Waals surface area contributed by atoms with Crippen molar-refractivity contribution >= 4 is 11.6 Å². The SMILES string of the molecule is CNC(Cc1nc(Cc2ccccc2Cl)no1)C1CC1. The summed E-state index contributed by atoms with van der Waals surface area (Å²) in [6.07, 6.45) is 4.01. The van der Waals surface area contributed by atoms with Crippen molar-refractivity contribution in [2.45, 2.75) is 31.7 Å². The van der Waals surface area contributed by atoms with Crippen molar-refractivity contribution in [3.63, 3.8) is 0 Å². The van der Waals surface area contributed by atoms with Gasteiger partial charge in [0.15, 0.2) is 5.82 Å². The first-order valence-corrected chi connectivity index (χ1v) is 7.36. The average Bonchev–Trinajstić information content (AvgIpc) is 3.20. The van der Waals surface area contributed by atoms with Gasteiger partial charge in [-0.3, -0.25) is 0 Å². The summed E-state index contributed by atoms with van der Waals surface area (Å²) < 4.78 is 5.34. The van der Waals surface area contributed by atoms with Crippen LogP contribution in [-0.2, 0) is 12.8 Å². The van der Waals surface area contributed by atoms with Gasteiger partial charge < -0.3 is 9.84 Å². The summed E-state index contributed by atoms with van der Waals surface area (Å²) in [6.45, 7) is 0. The number of halogens is 1. The third-order valence-electron chi connectivity index (χ3n) is 3.77. The lowest BCUT2D eigenvalue weighted by atomic mass is 10.1. The van der Waals surface area contributed by atoms with E-state index in [2.05, 4.69) is 15.5 Å². The van der Waals surface area contributed by atoms with Crippen LogP contribution in [-0.4, -0.2) is 23.2 Å². The van der Waals surface area contributed by atoms with Crippen molar-refractivity contribution in [2.75, 3.05) is 7.05 Å². The van der Waals surface area contributed by atoms with Gasteiger partial charge in [-0.1, -0.05) is 35.0 Å². The molecule has 1 aliphatic carbocycles. The molecule has 1 aromatic carbocycles. The van der Waals surface area contributed by atoms with Crippen LogP contribution < -0.4 is 5.32 Å². The number of hydrogen-bond donors (Lipinski definition) is 1. The van der Waals surface area contributed by atoms with Crippen LogP contribution in [0.25, 0.3) is 0 Å². The molecule has 1 aromatic heterocycles. The van der Waals surface area contributed by atoms with Crippen LogP contribution in [0, 0.1) is 5.92 Å². The van der Waals surface area contributed by atoms with Crippen LogP contribution in [0.4, 0.5) is 0 Å². The maximum Gasteiger partial charge on any atom is 0.228 e. The summed E-state index contributed by atoms with van der Waals surface area (Å²) in [4.78, 5) is 4.47. The summed E-state index contributed by atoms with van der Waals surface area (Å²) in [5, 5.41) is 8.12. The summed E-state index contributed by atoms with van der Waals surface area (Å²) in [5.41, 5.74) is 1.02. The Hall–Kier alpha value is -1.39. The maximum absolute atomic E-state index is 6.14. The number of nitrogens with zero attached hydrogens (tertiary/aromatic N) is 2. The van der Waals surface area contributed by atoms with Gasteiger partial charge >= 0.3 is 0 Å². The molecule has 4 nitrogen and oxygen atoms in total. The Morgan fingerprint density at radius 2 is 2.20 bits per heavy atom. The number of rotatable bonds is 6. The number of benzene rings is 1. The van der Waals surface area contributed by atoms with Crippen molar-refractivity contribution in [2.24, 2.45) is 5.92 Å². The molecule has 1 aliphatic rings. The molecule has 5 heteroatoms. The third-order valence-corrected chi connectivity index (χ3v) is 4.14. The van der Waals surface area contributed by atoms with Crippen LogP contribution in [0.3, 0.4) is 0 Å². The Balaban J connectivity index is 1.66. The van der Waals surface area contributed by atoms with E-state index in [0.717, 1.165) is 22.9 Å². The largest absolute Gasteiger partial charge is 0.339 e. The van der Waals surface area contributed by atoms with Gasteiger partial charge in [-0.25, -0.2) is 0 Å². The van der Waals surface area contributed by atoms with Crippen LogP contribution in [0.15, 0.2) is 28.8 Å². The molecule has 0 radical (unpaired) electrons. The molecule has 0 saturated heterocycles. The molecule has 1 fully saturated rings. The standard InChI is InChI=1S/C15H18ClN3O/c1-17-13(10-6-7-10)9-15-18-14(19-20-15)8-11-4-2-3-5-12(11)16/h2-5,10,13,17H,6-9H2,1H3. The van der Waals surface area contributed by atoms with E-state index < -0.39 is 0 Å². The normalized spacial score (nSPS) is 16.3. The van der Waals surface area contributed by atoms with Gasteiger partial charge in [-0.15, -0.1) is 0 Å². The second kappa shape index (κ2) is 5.94. The van der Waals surface area contributed by atoms with Crippen molar-refractivity contribution in [1.82, 2.24) is 15.5 Å². The molecule has 0 spiro atoms. The number of aromatic nitrogens is 2. The van der Waals surface area contributed by atoms with E-state index in [4.69, 9.17) is 16.1 Å². The van der Waals surface area contributed by atoms with Crippen molar-refractivity contribution < 1.29 is 4.52 Å². The molecule has 3 rings (SSSR count). The molecule has 106 valence electrons. The van der Waals surface area contributed by atoms with Gasteiger partial charge in [-0.05, 0) is 37.4 Å². The fourth-order valence-corrected chi connectivity index (χ4v) is 2.65. The first kappa shape index (κ1) is 13.6. The summed E-state index contributed by atoms with van der Waals surface area (Å²) >= 11 is 6.14. The number of nitrogens with one attached hydrogen (secondary N) is 1. The first-order chi connectivity index (χ1) is 9.76. The van der Waals surface area contributed by atoms with E-state index >= 15 is 0 Å². The highest BCUT2D eigenvalue weighted by atomic mass is 35.5. The molecular weight excluding hydrogens is 274 g/mol. The summed E-state index contributed by atoms with van der Waals surface area (Å²) in [7, 11) is 1.99. The van der Waals surface area contributed by atoms with Crippen molar-refractivity contribution in [3.05, 3.63) is 46.6 Å². The molecule has 0 amide bonds. The predicted octanol–water partition coefficient (Wildman–Crippen LogP) is 2.85. The van der Waals surface area contributed by atoms with Crippen molar-refractivity contribution in [3.8, 4) is 0 Å². The van der Waals surface area contributed by atoms with E-state index in [1.165, 1.54) is 12.8 Å². The van der Waals surface area contributed by atoms with Crippen molar-refractivity contribution in [1.29, 1.82) is 0 Å². The molecule has 1 atom stereocenters. The Labute approximate surface area is 123 Å². The lowest BCUT2D eigenvalue weighted by Crippen LogP contribution is -2.29. The first-order valence-electron chi connectivity index (χ1n) is 6.98. The van der Waals surface area contributed by atoms with Crippen LogP contribution >= 0.6 is 11.6 Å². The fraction of sp³-hybridized carbons (Fsp3) is 0.467. The quantitative estimate of drug-likeness (QED) is 0.889. The number of likely N-dealkylation sites (N-methyl/N-ethyl adjacent to an activating group) is 1. The zero-order chi connectivity index (χ0) is 13.9. The van der Waals surface area contributed by atoms with E-state index in [1.807, 2.05) is 31.3 Å². The highest BCUT2D eigenvalue weighted by Crippen LogP contribution is 2.33. The third kappa shape index (κ3) is 3.19. The minimum Gasteiger partial charge on any atom is -0.339 e. The van der Waals surface area contributed by atoms with Gasteiger partial charge in [0.1, 0.15) is 0 Å². The zero-order valence-electron chi connectivity index (χ0n) is 11.5. The molecule has 1 unspecified atom stereocenters. The maximum atomic E-state index is 6.14. The van der Waals surface area contributed by atoms with Gasteiger partial charge in [0.25, 0.3) is 0 Å². The Bertz CT molecular complexity index is 580. The zero-order valence-corrected chi connectivity index (χ0v) is 12.2. The molecule has 0 bridgehead atoms. The highest BCUT2D eigenvalue weighted by Gasteiger charge is 2.31. The lowest BCUT2D eigenvalue weighted by molar-refractivity contribution is 0.349. The molecular formula is C15H18ClN3O. The van der Waals surface area contributed by atoms with Gasteiger partial charge in [0.2, 0.25) is 5.89 Å². The molecule has 1 N–H and O–H groups in total. The minimum atomic E-state index is 0.448. The molecule has 2 aromatic rings. The second-order valence-electron chi connectivity index (χ2n) is 5.31. The van der Waals surface area contributed by atoms with E-state index in [0.29, 0.717) is 24.2 Å². The van der Waals surface area contributed by atoms with E-state index in [-0.39, 0.29) is 0 Å². The monoisotopic (exact) mass is 291 g/mol. The highest BCUT2D eigenvalue weighted by molar-refractivity contribution is 6.31. The molecule has 0 aliphatic heterocycles.